The molecule has 7 nitrogen and oxygen atoms in total. The minimum atomic E-state index is -0.237. The Morgan fingerprint density at radius 3 is 2.57 bits per heavy atom. The molecular formula is C21H22N4O3. The summed E-state index contributed by atoms with van der Waals surface area (Å²) in [7, 11) is 0. The van der Waals surface area contributed by atoms with Crippen molar-refractivity contribution >= 4 is 23.3 Å². The molecule has 0 saturated carbocycles. The molecular weight excluding hydrogens is 356 g/mol. The van der Waals surface area contributed by atoms with Crippen LogP contribution in [0.15, 0.2) is 49.2 Å². The molecule has 28 heavy (non-hydrogen) atoms. The molecule has 0 aliphatic carbocycles. The number of amides is 2. The lowest BCUT2D eigenvalue weighted by Gasteiger charge is -2.27. The summed E-state index contributed by atoms with van der Waals surface area (Å²) in [5.74, 6) is 0.488. The fourth-order valence-electron chi connectivity index (χ4n) is 3.40. The summed E-state index contributed by atoms with van der Waals surface area (Å²) in [6, 6.07) is 11.2. The van der Waals surface area contributed by atoms with Crippen LogP contribution in [0.1, 0.15) is 21.5 Å². The Morgan fingerprint density at radius 2 is 1.89 bits per heavy atom. The van der Waals surface area contributed by atoms with Crippen LogP contribution in [0.2, 0.25) is 0 Å². The number of pyridine rings is 1. The highest BCUT2D eigenvalue weighted by molar-refractivity contribution is 6.10. The van der Waals surface area contributed by atoms with E-state index >= 15 is 0 Å². The summed E-state index contributed by atoms with van der Waals surface area (Å²) in [6.45, 7) is 7.35. The fraction of sp³-hybridized carbons (Fsp3) is 0.286. The molecule has 1 aromatic heterocycles. The number of hydrogen-bond donors (Lipinski definition) is 1. The summed E-state index contributed by atoms with van der Waals surface area (Å²) in [4.78, 5) is 32.9. The van der Waals surface area contributed by atoms with Gasteiger partial charge in [-0.2, -0.15) is 0 Å². The number of rotatable bonds is 5. The van der Waals surface area contributed by atoms with Crippen molar-refractivity contribution in [2.45, 2.75) is 6.54 Å². The number of carbonyl (C=O) groups excluding carboxylic acids is 2. The van der Waals surface area contributed by atoms with Crippen molar-refractivity contribution in [1.82, 2.24) is 15.2 Å². The van der Waals surface area contributed by atoms with Crippen LogP contribution in [-0.4, -0.2) is 54.5 Å². The van der Waals surface area contributed by atoms with E-state index < -0.39 is 0 Å². The van der Waals surface area contributed by atoms with Gasteiger partial charge in [0.2, 0.25) is 5.91 Å². The van der Waals surface area contributed by atoms with Crippen molar-refractivity contribution in [3.63, 3.8) is 0 Å². The summed E-state index contributed by atoms with van der Waals surface area (Å²) in [5, 5.41) is 2.85. The van der Waals surface area contributed by atoms with Crippen LogP contribution in [0.3, 0.4) is 0 Å². The third kappa shape index (κ3) is 3.61. The minimum Gasteiger partial charge on any atom is -0.378 e. The van der Waals surface area contributed by atoms with Crippen molar-refractivity contribution in [1.29, 1.82) is 0 Å². The first-order valence-electron chi connectivity index (χ1n) is 9.28. The molecule has 0 spiro atoms. The maximum atomic E-state index is 12.5. The zero-order valence-electron chi connectivity index (χ0n) is 15.6. The molecule has 0 radical (unpaired) electrons. The van der Waals surface area contributed by atoms with E-state index in [0.29, 0.717) is 31.0 Å². The van der Waals surface area contributed by atoms with Crippen LogP contribution in [0.5, 0.6) is 0 Å². The van der Waals surface area contributed by atoms with Crippen molar-refractivity contribution in [2.24, 2.45) is 0 Å². The third-order valence-electron chi connectivity index (χ3n) is 4.97. The first kappa shape index (κ1) is 18.2. The maximum Gasteiger partial charge on any atom is 0.259 e. The van der Waals surface area contributed by atoms with Gasteiger partial charge in [0.05, 0.1) is 13.2 Å². The van der Waals surface area contributed by atoms with Gasteiger partial charge in [0, 0.05) is 42.7 Å². The van der Waals surface area contributed by atoms with Crippen LogP contribution < -0.4 is 10.2 Å². The van der Waals surface area contributed by atoms with E-state index in [1.54, 1.807) is 18.3 Å². The van der Waals surface area contributed by atoms with E-state index in [9.17, 15) is 9.59 Å². The predicted molar refractivity (Wildman–Crippen MR) is 106 cm³/mol. The van der Waals surface area contributed by atoms with Gasteiger partial charge in [-0.3, -0.25) is 14.5 Å². The van der Waals surface area contributed by atoms with E-state index in [4.69, 9.17) is 4.74 Å². The first-order chi connectivity index (χ1) is 13.6. The largest absolute Gasteiger partial charge is 0.378 e. The van der Waals surface area contributed by atoms with Gasteiger partial charge in [-0.1, -0.05) is 30.8 Å². The van der Waals surface area contributed by atoms with Crippen LogP contribution in [0.4, 0.5) is 5.82 Å². The Kier molecular flexibility index (Phi) is 5.08. The smallest absolute Gasteiger partial charge is 0.259 e. The van der Waals surface area contributed by atoms with Gasteiger partial charge in [-0.05, 0) is 17.7 Å². The van der Waals surface area contributed by atoms with Gasteiger partial charge in [-0.15, -0.1) is 0 Å². The highest BCUT2D eigenvalue weighted by Gasteiger charge is 2.31. The quantitative estimate of drug-likeness (QED) is 0.857. The van der Waals surface area contributed by atoms with E-state index in [-0.39, 0.29) is 18.4 Å². The molecule has 2 aromatic rings. The Labute approximate surface area is 163 Å². The summed E-state index contributed by atoms with van der Waals surface area (Å²) >= 11 is 0. The van der Waals surface area contributed by atoms with Gasteiger partial charge < -0.3 is 15.0 Å². The van der Waals surface area contributed by atoms with Gasteiger partial charge in [0.1, 0.15) is 12.4 Å². The molecule has 1 saturated heterocycles. The molecule has 0 atom stereocenters. The second-order valence-electron chi connectivity index (χ2n) is 6.78. The number of fused-ring (bicyclic) bond motifs is 1. The van der Waals surface area contributed by atoms with E-state index in [1.165, 1.54) is 4.90 Å². The predicted octanol–water partition coefficient (Wildman–Crippen LogP) is 1.66. The minimum absolute atomic E-state index is 0.0500. The van der Waals surface area contributed by atoms with Gasteiger partial charge in [0.15, 0.2) is 0 Å². The van der Waals surface area contributed by atoms with Crippen LogP contribution >= 0.6 is 0 Å². The lowest BCUT2D eigenvalue weighted by molar-refractivity contribution is -0.121. The van der Waals surface area contributed by atoms with Crippen LogP contribution in [-0.2, 0) is 16.1 Å². The molecule has 0 bridgehead atoms. The summed E-state index contributed by atoms with van der Waals surface area (Å²) in [5.41, 5.74) is 2.83. The lowest BCUT2D eigenvalue weighted by atomic mass is 10.1. The van der Waals surface area contributed by atoms with Crippen molar-refractivity contribution in [3.05, 3.63) is 65.9 Å². The molecule has 2 aliphatic rings. The standard InChI is InChI=1S/C21H22N4O3/c1-15-17-4-2-3-5-18(17)21(27)25(15)14-20(26)23-13-16-6-7-19(22-12-16)24-8-10-28-11-9-24/h2-7,12H,1,8-11,13-14H2,(H,23,26). The normalized spacial score (nSPS) is 16.3. The first-order valence-corrected chi connectivity index (χ1v) is 9.28. The monoisotopic (exact) mass is 378 g/mol. The Balaban J connectivity index is 1.31. The number of carbonyl (C=O) groups is 2. The highest BCUT2D eigenvalue weighted by Crippen LogP contribution is 2.30. The molecule has 7 heteroatoms. The van der Waals surface area contributed by atoms with Crippen molar-refractivity contribution < 1.29 is 14.3 Å². The molecule has 1 N–H and O–H groups in total. The van der Waals surface area contributed by atoms with Gasteiger partial charge in [0.25, 0.3) is 5.91 Å². The molecule has 2 aliphatic heterocycles. The van der Waals surface area contributed by atoms with Gasteiger partial charge >= 0.3 is 0 Å². The van der Waals surface area contributed by atoms with E-state index in [1.807, 2.05) is 24.3 Å². The van der Waals surface area contributed by atoms with Gasteiger partial charge in [-0.25, -0.2) is 4.98 Å². The summed E-state index contributed by atoms with van der Waals surface area (Å²) < 4.78 is 5.35. The molecule has 1 aromatic carbocycles. The third-order valence-corrected chi connectivity index (χ3v) is 4.97. The Bertz CT molecular complexity index is 869. The number of nitrogens with one attached hydrogen (secondary N) is 1. The second-order valence-corrected chi connectivity index (χ2v) is 6.78. The number of aromatic nitrogens is 1. The van der Waals surface area contributed by atoms with Crippen molar-refractivity contribution in [3.8, 4) is 0 Å². The van der Waals surface area contributed by atoms with Crippen molar-refractivity contribution in [2.75, 3.05) is 37.7 Å². The number of nitrogens with zero attached hydrogens (tertiary/aromatic N) is 3. The molecule has 1 fully saturated rings. The number of hydrogen-bond acceptors (Lipinski definition) is 5. The highest BCUT2D eigenvalue weighted by atomic mass is 16.5. The fourth-order valence-corrected chi connectivity index (χ4v) is 3.40. The topological polar surface area (TPSA) is 74.8 Å². The molecule has 4 rings (SSSR count). The average molecular weight is 378 g/mol. The molecule has 144 valence electrons. The van der Waals surface area contributed by atoms with Crippen LogP contribution in [0, 0.1) is 0 Å². The average Bonchev–Trinajstić information content (AvgIpc) is 2.98. The zero-order valence-corrected chi connectivity index (χ0v) is 15.6. The lowest BCUT2D eigenvalue weighted by Crippen LogP contribution is -2.37. The van der Waals surface area contributed by atoms with E-state index in [2.05, 4.69) is 21.8 Å². The van der Waals surface area contributed by atoms with Crippen LogP contribution in [0.25, 0.3) is 5.70 Å². The number of anilines is 1. The summed E-state index contributed by atoms with van der Waals surface area (Å²) in [6.07, 6.45) is 1.76. The molecule has 0 unspecified atom stereocenters. The second kappa shape index (κ2) is 7.82. The molecule has 2 amide bonds. The Hall–Kier alpha value is -3.19. The van der Waals surface area contributed by atoms with E-state index in [0.717, 1.165) is 30.0 Å². The zero-order chi connectivity index (χ0) is 19.5. The number of benzene rings is 1. The maximum absolute atomic E-state index is 12.5. The SMILES string of the molecule is C=C1c2ccccc2C(=O)N1CC(=O)NCc1ccc(N2CCOCC2)nc1. The Morgan fingerprint density at radius 1 is 1.14 bits per heavy atom. The number of ether oxygens (including phenoxy) is 1. The molecule has 3 heterocycles. The number of morpholine rings is 1.